The number of ether oxygens (including phenoxy) is 1. The topological polar surface area (TPSA) is 72.5 Å². The Morgan fingerprint density at radius 2 is 2.15 bits per heavy atom. The molecule has 1 fully saturated rings. The van der Waals surface area contributed by atoms with Crippen molar-refractivity contribution in [2.24, 2.45) is 11.7 Å². The number of aliphatic hydroxyl groups is 1. The summed E-state index contributed by atoms with van der Waals surface area (Å²) >= 11 is 0. The molecule has 4 heteroatoms. The van der Waals surface area contributed by atoms with Gasteiger partial charge in [0.25, 0.3) is 0 Å². The Morgan fingerprint density at radius 1 is 1.45 bits per heavy atom. The van der Waals surface area contributed by atoms with Crippen LogP contribution < -0.4 is 10.5 Å². The van der Waals surface area contributed by atoms with Crippen LogP contribution in [0, 0.1) is 5.92 Å². The Morgan fingerprint density at radius 3 is 2.75 bits per heavy atom. The second-order valence-corrected chi connectivity index (χ2v) is 6.28. The second-order valence-electron chi connectivity index (χ2n) is 6.28. The van der Waals surface area contributed by atoms with Gasteiger partial charge in [0.2, 0.25) is 0 Å². The highest BCUT2D eigenvalue weighted by atomic mass is 16.5. The van der Waals surface area contributed by atoms with Crippen molar-refractivity contribution in [1.29, 1.82) is 0 Å². The summed E-state index contributed by atoms with van der Waals surface area (Å²) < 4.78 is 5.21. The van der Waals surface area contributed by atoms with Crippen LogP contribution in [0.1, 0.15) is 38.7 Å². The van der Waals surface area contributed by atoms with Crippen molar-refractivity contribution in [3.63, 3.8) is 0 Å². The Kier molecular flexibility index (Phi) is 3.89. The van der Waals surface area contributed by atoms with E-state index in [-0.39, 0.29) is 18.1 Å². The fraction of sp³-hybridized carbons (Fsp3) is 0.562. The fourth-order valence-corrected chi connectivity index (χ4v) is 3.24. The number of methoxy groups -OCH3 is 1. The van der Waals surface area contributed by atoms with Crippen LogP contribution in [-0.4, -0.2) is 23.5 Å². The van der Waals surface area contributed by atoms with E-state index in [2.05, 4.69) is 0 Å². The van der Waals surface area contributed by atoms with Gasteiger partial charge in [-0.1, -0.05) is 12.1 Å². The van der Waals surface area contributed by atoms with E-state index in [9.17, 15) is 9.90 Å². The van der Waals surface area contributed by atoms with Gasteiger partial charge in [0, 0.05) is 24.3 Å². The van der Waals surface area contributed by atoms with E-state index in [0.29, 0.717) is 24.2 Å². The minimum absolute atomic E-state index is 0.0795. The number of nitrogens with two attached hydrogens (primary N) is 1. The lowest BCUT2D eigenvalue weighted by Gasteiger charge is -2.46. The van der Waals surface area contributed by atoms with Crippen LogP contribution >= 0.6 is 0 Å². The smallest absolute Gasteiger partial charge is 0.136 e. The predicted molar refractivity (Wildman–Crippen MR) is 77.5 cm³/mol. The van der Waals surface area contributed by atoms with Gasteiger partial charge in [-0.3, -0.25) is 4.79 Å². The van der Waals surface area contributed by atoms with E-state index in [1.807, 2.05) is 32.0 Å². The molecule has 1 aromatic rings. The highest BCUT2D eigenvalue weighted by Gasteiger charge is 2.48. The van der Waals surface area contributed by atoms with Gasteiger partial charge in [-0.05, 0) is 38.0 Å². The molecule has 0 radical (unpaired) electrons. The average molecular weight is 277 g/mol. The molecule has 1 saturated carbocycles. The largest absolute Gasteiger partial charge is 0.497 e. The van der Waals surface area contributed by atoms with Crippen LogP contribution in [0.2, 0.25) is 0 Å². The number of rotatable bonds is 3. The van der Waals surface area contributed by atoms with Gasteiger partial charge in [0.15, 0.2) is 0 Å². The van der Waals surface area contributed by atoms with Gasteiger partial charge >= 0.3 is 0 Å². The third-order valence-electron chi connectivity index (χ3n) is 4.22. The number of benzene rings is 1. The standard InChI is InChI=1S/C16H23NO3/c1-15(2,17)14-8-7-12(18)10-16(14,19)11-5-4-6-13(9-11)20-3/h4-6,9,14,19H,7-8,10,17H2,1-3H3. The highest BCUT2D eigenvalue weighted by Crippen LogP contribution is 2.45. The molecule has 1 aliphatic rings. The van der Waals surface area contributed by atoms with E-state index in [4.69, 9.17) is 10.5 Å². The second kappa shape index (κ2) is 5.19. The summed E-state index contributed by atoms with van der Waals surface area (Å²) in [4.78, 5) is 11.8. The summed E-state index contributed by atoms with van der Waals surface area (Å²) in [5.41, 5.74) is 5.16. The summed E-state index contributed by atoms with van der Waals surface area (Å²) in [6, 6.07) is 7.27. The molecule has 0 amide bonds. The maximum absolute atomic E-state index is 11.8. The maximum atomic E-state index is 11.8. The molecule has 0 spiro atoms. The van der Waals surface area contributed by atoms with Gasteiger partial charge in [-0.15, -0.1) is 0 Å². The van der Waals surface area contributed by atoms with Gasteiger partial charge in [0.05, 0.1) is 7.11 Å². The van der Waals surface area contributed by atoms with Gasteiger partial charge in [-0.25, -0.2) is 0 Å². The van der Waals surface area contributed by atoms with E-state index < -0.39 is 11.1 Å². The van der Waals surface area contributed by atoms with Crippen molar-refractivity contribution < 1.29 is 14.6 Å². The van der Waals surface area contributed by atoms with E-state index in [0.717, 1.165) is 0 Å². The van der Waals surface area contributed by atoms with E-state index >= 15 is 0 Å². The summed E-state index contributed by atoms with van der Waals surface area (Å²) in [5.74, 6) is 0.582. The van der Waals surface area contributed by atoms with Gasteiger partial charge < -0.3 is 15.6 Å². The molecule has 4 nitrogen and oxygen atoms in total. The van der Waals surface area contributed by atoms with Crippen molar-refractivity contribution >= 4 is 5.78 Å². The first kappa shape index (κ1) is 15.0. The molecule has 1 aliphatic carbocycles. The number of carbonyl (C=O) groups is 1. The Labute approximate surface area is 119 Å². The summed E-state index contributed by atoms with van der Waals surface area (Å²) in [7, 11) is 1.58. The summed E-state index contributed by atoms with van der Waals surface area (Å²) in [6.07, 6.45) is 1.21. The van der Waals surface area contributed by atoms with Crippen LogP contribution in [0.15, 0.2) is 24.3 Å². The zero-order valence-corrected chi connectivity index (χ0v) is 12.3. The molecule has 0 heterocycles. The number of carbonyl (C=O) groups excluding carboxylic acids is 1. The van der Waals surface area contributed by atoms with E-state index in [1.54, 1.807) is 13.2 Å². The molecule has 0 aliphatic heterocycles. The third-order valence-corrected chi connectivity index (χ3v) is 4.22. The highest BCUT2D eigenvalue weighted by molar-refractivity contribution is 5.81. The lowest BCUT2D eigenvalue weighted by Crippen LogP contribution is -2.55. The maximum Gasteiger partial charge on any atom is 0.136 e. The average Bonchev–Trinajstić information content (AvgIpc) is 2.37. The summed E-state index contributed by atoms with van der Waals surface area (Å²) in [6.45, 7) is 3.80. The van der Waals surface area contributed by atoms with Crippen molar-refractivity contribution in [3.8, 4) is 5.75 Å². The zero-order chi connectivity index (χ0) is 15.0. The molecule has 3 N–H and O–H groups in total. The lowest BCUT2D eigenvalue weighted by molar-refractivity contribution is -0.138. The first-order chi connectivity index (χ1) is 9.27. The molecular formula is C16H23NO3. The molecule has 2 rings (SSSR count). The van der Waals surface area contributed by atoms with Crippen molar-refractivity contribution in [1.82, 2.24) is 0 Å². The Bertz CT molecular complexity index is 507. The number of hydrogen-bond donors (Lipinski definition) is 2. The first-order valence-electron chi connectivity index (χ1n) is 6.95. The SMILES string of the molecule is COc1cccc(C2(O)CC(=O)CCC2C(C)(C)N)c1. The molecule has 2 atom stereocenters. The molecule has 2 unspecified atom stereocenters. The third kappa shape index (κ3) is 2.72. The molecule has 0 aromatic heterocycles. The van der Waals surface area contributed by atoms with Crippen molar-refractivity contribution in [2.45, 2.75) is 44.2 Å². The molecule has 1 aromatic carbocycles. The van der Waals surface area contributed by atoms with Crippen LogP contribution in [0.3, 0.4) is 0 Å². The summed E-state index contributed by atoms with van der Waals surface area (Å²) in [5, 5.41) is 11.2. The van der Waals surface area contributed by atoms with Crippen molar-refractivity contribution in [3.05, 3.63) is 29.8 Å². The molecule has 0 saturated heterocycles. The quantitative estimate of drug-likeness (QED) is 0.886. The lowest BCUT2D eigenvalue weighted by atomic mass is 9.64. The van der Waals surface area contributed by atoms with Crippen molar-refractivity contribution in [2.75, 3.05) is 7.11 Å². The zero-order valence-electron chi connectivity index (χ0n) is 12.3. The number of Topliss-reactive ketones (excluding diaryl/α,β-unsaturated/α-hetero) is 1. The Balaban J connectivity index is 2.47. The Hall–Kier alpha value is -1.39. The normalized spacial score (nSPS) is 27.4. The molecular weight excluding hydrogens is 254 g/mol. The van der Waals surface area contributed by atoms with E-state index in [1.165, 1.54) is 0 Å². The van der Waals surface area contributed by atoms with Crippen LogP contribution in [-0.2, 0) is 10.4 Å². The molecule has 0 bridgehead atoms. The predicted octanol–water partition coefficient (Wildman–Crippen LogP) is 1.99. The van der Waals surface area contributed by atoms with Crippen LogP contribution in [0.5, 0.6) is 5.75 Å². The number of hydrogen-bond acceptors (Lipinski definition) is 4. The fourth-order valence-electron chi connectivity index (χ4n) is 3.24. The van der Waals surface area contributed by atoms with Crippen LogP contribution in [0.25, 0.3) is 0 Å². The van der Waals surface area contributed by atoms with Gasteiger partial charge in [-0.2, -0.15) is 0 Å². The molecule has 20 heavy (non-hydrogen) atoms. The van der Waals surface area contributed by atoms with Crippen LogP contribution in [0.4, 0.5) is 0 Å². The number of ketones is 1. The first-order valence-corrected chi connectivity index (χ1v) is 6.95. The van der Waals surface area contributed by atoms with Gasteiger partial charge in [0.1, 0.15) is 17.1 Å². The minimum Gasteiger partial charge on any atom is -0.497 e. The monoisotopic (exact) mass is 277 g/mol. The minimum atomic E-state index is -1.22. The molecule has 110 valence electrons.